The standard InChI is InChI=1S/C53H35N3O/c1-34-24-30-45-44-22-13-21-41(50(44)57-52(45)54-34)35-25-27-36(28-26-35)48-33-49(56-51(55-48)37-14-5-2-6-15-37)38-29-31-43-42-20-11-12-23-46(42)53(47(43)32-38,39-16-7-3-8-17-39)40-18-9-4-10-19-40/h2-33H,1H3. The minimum Gasteiger partial charge on any atom is -0.437 e. The van der Waals surface area contributed by atoms with E-state index in [0.29, 0.717) is 11.5 Å². The first-order valence-corrected chi connectivity index (χ1v) is 19.4. The molecule has 3 heterocycles. The first-order valence-electron chi connectivity index (χ1n) is 19.4. The quantitative estimate of drug-likeness (QED) is 0.171. The number of aromatic nitrogens is 3. The number of aryl methyl sites for hydroxylation is 1. The zero-order valence-corrected chi connectivity index (χ0v) is 31.2. The van der Waals surface area contributed by atoms with Crippen molar-refractivity contribution >= 4 is 22.1 Å². The third kappa shape index (κ3) is 5.26. The molecule has 4 heteroatoms. The molecule has 0 N–H and O–H groups in total. The molecule has 0 saturated carbocycles. The van der Waals surface area contributed by atoms with Gasteiger partial charge in [0, 0.05) is 38.7 Å². The number of hydrogen-bond acceptors (Lipinski definition) is 4. The van der Waals surface area contributed by atoms with E-state index in [9.17, 15) is 0 Å². The van der Waals surface area contributed by atoms with Crippen LogP contribution in [0.4, 0.5) is 0 Å². The summed E-state index contributed by atoms with van der Waals surface area (Å²) < 4.78 is 6.35. The summed E-state index contributed by atoms with van der Waals surface area (Å²) in [6, 6.07) is 69.0. The lowest BCUT2D eigenvalue weighted by Gasteiger charge is -2.34. The van der Waals surface area contributed by atoms with E-state index in [4.69, 9.17) is 14.4 Å². The van der Waals surface area contributed by atoms with E-state index in [-0.39, 0.29) is 0 Å². The fraction of sp³-hybridized carbons (Fsp3) is 0.0377. The monoisotopic (exact) mass is 729 g/mol. The van der Waals surface area contributed by atoms with E-state index in [1.807, 2.05) is 31.2 Å². The topological polar surface area (TPSA) is 51.8 Å². The highest BCUT2D eigenvalue weighted by atomic mass is 16.3. The van der Waals surface area contributed by atoms with Gasteiger partial charge in [0.25, 0.3) is 0 Å². The fourth-order valence-electron chi connectivity index (χ4n) is 8.88. The molecule has 0 saturated heterocycles. The smallest absolute Gasteiger partial charge is 0.227 e. The maximum atomic E-state index is 6.35. The van der Waals surface area contributed by atoms with Crippen molar-refractivity contribution in [2.45, 2.75) is 12.3 Å². The van der Waals surface area contributed by atoms with E-state index < -0.39 is 5.41 Å². The SMILES string of the molecule is Cc1ccc2c(n1)oc1c(-c3ccc(-c4cc(-c5ccc6c(c5)C(c5ccccc5)(c5ccccc5)c5ccccc5-6)nc(-c5ccccc5)n4)cc3)cccc12. The van der Waals surface area contributed by atoms with Gasteiger partial charge in [-0.3, -0.25) is 0 Å². The second-order valence-electron chi connectivity index (χ2n) is 14.8. The van der Waals surface area contributed by atoms with Gasteiger partial charge in [-0.25, -0.2) is 15.0 Å². The van der Waals surface area contributed by atoms with Crippen LogP contribution in [-0.4, -0.2) is 15.0 Å². The van der Waals surface area contributed by atoms with Gasteiger partial charge in [-0.15, -0.1) is 0 Å². The highest BCUT2D eigenvalue weighted by molar-refractivity contribution is 6.08. The van der Waals surface area contributed by atoms with Crippen LogP contribution >= 0.6 is 0 Å². The minimum absolute atomic E-state index is 0.504. The molecular formula is C53H35N3O. The van der Waals surface area contributed by atoms with Crippen molar-refractivity contribution in [1.29, 1.82) is 0 Å². The summed E-state index contributed by atoms with van der Waals surface area (Å²) in [7, 11) is 0. The second-order valence-corrected chi connectivity index (χ2v) is 14.8. The van der Waals surface area contributed by atoms with Gasteiger partial charge in [-0.05, 0) is 70.1 Å². The Balaban J connectivity index is 1.07. The lowest BCUT2D eigenvalue weighted by Crippen LogP contribution is -2.28. The Bertz CT molecular complexity index is 3080. The highest BCUT2D eigenvalue weighted by Crippen LogP contribution is 2.56. The van der Waals surface area contributed by atoms with Crippen molar-refractivity contribution in [3.05, 3.63) is 222 Å². The van der Waals surface area contributed by atoms with Gasteiger partial charge in [0.15, 0.2) is 5.82 Å². The Hall–Kier alpha value is -7.43. The molecule has 0 fully saturated rings. The number of benzene rings is 7. The van der Waals surface area contributed by atoms with Gasteiger partial charge < -0.3 is 4.42 Å². The third-order valence-electron chi connectivity index (χ3n) is 11.5. The zero-order chi connectivity index (χ0) is 37.9. The lowest BCUT2D eigenvalue weighted by atomic mass is 9.67. The average molecular weight is 730 g/mol. The molecule has 0 spiro atoms. The van der Waals surface area contributed by atoms with Crippen LogP contribution in [0.2, 0.25) is 0 Å². The highest BCUT2D eigenvalue weighted by Gasteiger charge is 2.46. The molecule has 0 atom stereocenters. The molecule has 0 aliphatic heterocycles. The summed E-state index contributed by atoms with van der Waals surface area (Å²) in [6.07, 6.45) is 0. The Morgan fingerprint density at radius 2 is 1.00 bits per heavy atom. The van der Waals surface area contributed by atoms with Crippen LogP contribution in [0.1, 0.15) is 27.9 Å². The van der Waals surface area contributed by atoms with Crippen molar-refractivity contribution in [1.82, 2.24) is 15.0 Å². The fourth-order valence-corrected chi connectivity index (χ4v) is 8.88. The molecule has 1 aliphatic carbocycles. The molecular weight excluding hydrogens is 695 g/mol. The minimum atomic E-state index is -0.504. The van der Waals surface area contributed by atoms with Crippen LogP contribution in [0.15, 0.2) is 199 Å². The number of pyridine rings is 1. The molecule has 11 rings (SSSR count). The average Bonchev–Trinajstić information content (AvgIpc) is 3.80. The van der Waals surface area contributed by atoms with E-state index >= 15 is 0 Å². The predicted octanol–water partition coefficient (Wildman–Crippen LogP) is 13.1. The summed E-state index contributed by atoms with van der Waals surface area (Å²) in [5.41, 5.74) is 16.2. The van der Waals surface area contributed by atoms with Crippen molar-refractivity contribution in [3.8, 4) is 56.2 Å². The van der Waals surface area contributed by atoms with Crippen LogP contribution in [0, 0.1) is 6.92 Å². The van der Waals surface area contributed by atoms with Gasteiger partial charge in [0.2, 0.25) is 5.71 Å². The van der Waals surface area contributed by atoms with E-state index in [1.54, 1.807) is 0 Å². The molecule has 3 aromatic heterocycles. The predicted molar refractivity (Wildman–Crippen MR) is 231 cm³/mol. The first kappa shape index (κ1) is 33.0. The van der Waals surface area contributed by atoms with Crippen LogP contribution in [0.5, 0.6) is 0 Å². The normalized spacial score (nSPS) is 12.8. The second kappa shape index (κ2) is 13.1. The molecule has 0 amide bonds. The molecule has 0 unspecified atom stereocenters. The molecule has 1 aliphatic rings. The van der Waals surface area contributed by atoms with Gasteiger partial charge in [0.1, 0.15) is 5.58 Å². The summed E-state index contributed by atoms with van der Waals surface area (Å²) >= 11 is 0. The molecule has 0 radical (unpaired) electrons. The van der Waals surface area contributed by atoms with Crippen LogP contribution in [-0.2, 0) is 5.41 Å². The summed E-state index contributed by atoms with van der Waals surface area (Å²) in [6.45, 7) is 1.99. The van der Waals surface area contributed by atoms with Crippen LogP contribution in [0.3, 0.4) is 0 Å². The zero-order valence-electron chi connectivity index (χ0n) is 31.2. The summed E-state index contributed by atoms with van der Waals surface area (Å²) in [5.74, 6) is 0.684. The summed E-state index contributed by atoms with van der Waals surface area (Å²) in [5, 5.41) is 2.09. The van der Waals surface area contributed by atoms with E-state index in [2.05, 4.69) is 175 Å². The number of furan rings is 1. The Morgan fingerprint density at radius 3 is 1.74 bits per heavy atom. The molecule has 0 bridgehead atoms. The van der Waals surface area contributed by atoms with Gasteiger partial charge in [-0.2, -0.15) is 0 Å². The third-order valence-corrected chi connectivity index (χ3v) is 11.5. The van der Waals surface area contributed by atoms with Gasteiger partial charge >= 0.3 is 0 Å². The molecule has 268 valence electrons. The van der Waals surface area contributed by atoms with Gasteiger partial charge in [0.05, 0.1) is 16.8 Å². The van der Waals surface area contributed by atoms with Gasteiger partial charge in [-0.1, -0.05) is 170 Å². The molecule has 4 nitrogen and oxygen atoms in total. The maximum Gasteiger partial charge on any atom is 0.227 e. The number of fused-ring (bicyclic) bond motifs is 6. The number of rotatable bonds is 6. The largest absolute Gasteiger partial charge is 0.437 e. The number of para-hydroxylation sites is 1. The Kier molecular flexibility index (Phi) is 7.58. The van der Waals surface area contributed by atoms with Crippen LogP contribution < -0.4 is 0 Å². The summed E-state index contributed by atoms with van der Waals surface area (Å²) in [4.78, 5) is 15.1. The van der Waals surface area contributed by atoms with Crippen LogP contribution in [0.25, 0.3) is 78.2 Å². The lowest BCUT2D eigenvalue weighted by molar-refractivity contribution is 0.653. The molecule has 10 aromatic rings. The van der Waals surface area contributed by atoms with Crippen molar-refractivity contribution in [2.75, 3.05) is 0 Å². The van der Waals surface area contributed by atoms with Crippen molar-refractivity contribution in [2.24, 2.45) is 0 Å². The number of nitrogens with zero attached hydrogens (tertiary/aromatic N) is 3. The molecule has 57 heavy (non-hydrogen) atoms. The number of hydrogen-bond donors (Lipinski definition) is 0. The first-order chi connectivity index (χ1) is 28.1. The van der Waals surface area contributed by atoms with Crippen molar-refractivity contribution in [3.63, 3.8) is 0 Å². The molecule has 7 aromatic carbocycles. The van der Waals surface area contributed by atoms with E-state index in [0.717, 1.165) is 61.3 Å². The Morgan fingerprint density at radius 1 is 0.404 bits per heavy atom. The maximum absolute atomic E-state index is 6.35. The van der Waals surface area contributed by atoms with Crippen molar-refractivity contribution < 1.29 is 4.42 Å². The van der Waals surface area contributed by atoms with E-state index in [1.165, 1.54) is 33.4 Å². The Labute approximate surface area is 330 Å².